The van der Waals surface area contributed by atoms with Crippen LogP contribution in [-0.4, -0.2) is 27.5 Å². The van der Waals surface area contributed by atoms with Crippen LogP contribution >= 0.6 is 0 Å². The van der Waals surface area contributed by atoms with Gasteiger partial charge in [-0.05, 0) is 43.2 Å². The lowest BCUT2D eigenvalue weighted by atomic mass is 10.2. The number of anilines is 1. The maximum atomic E-state index is 12.6. The molecule has 0 heterocycles. The van der Waals surface area contributed by atoms with E-state index in [0.29, 0.717) is 17.0 Å². The van der Waals surface area contributed by atoms with E-state index in [2.05, 4.69) is 10.0 Å². The number of sulfonamides is 1. The first-order chi connectivity index (χ1) is 11.5. The van der Waals surface area contributed by atoms with Crippen LogP contribution in [0.3, 0.4) is 0 Å². The van der Waals surface area contributed by atoms with Crippen molar-refractivity contribution in [1.29, 1.82) is 0 Å². The summed E-state index contributed by atoms with van der Waals surface area (Å²) in [4.78, 5) is 12.1. The van der Waals surface area contributed by atoms with Crippen molar-refractivity contribution in [1.82, 2.24) is 5.32 Å². The van der Waals surface area contributed by atoms with E-state index >= 15 is 0 Å². The van der Waals surface area contributed by atoms with Crippen molar-refractivity contribution in [3.8, 4) is 5.75 Å². The molecule has 2 N–H and O–H groups in total. The average molecular weight is 346 g/mol. The Morgan fingerprint density at radius 3 is 2.58 bits per heavy atom. The third kappa shape index (κ3) is 3.68. The first-order valence-corrected chi connectivity index (χ1v) is 9.05. The van der Waals surface area contributed by atoms with E-state index in [0.717, 1.165) is 12.8 Å². The van der Waals surface area contributed by atoms with Crippen molar-refractivity contribution in [2.45, 2.75) is 23.8 Å². The second-order valence-electron chi connectivity index (χ2n) is 5.58. The molecule has 24 heavy (non-hydrogen) atoms. The quantitative estimate of drug-likeness (QED) is 0.841. The number of nitrogens with one attached hydrogen (secondary N) is 2. The summed E-state index contributed by atoms with van der Waals surface area (Å²) in [6.07, 6.45) is 1.94. The third-order valence-electron chi connectivity index (χ3n) is 3.67. The van der Waals surface area contributed by atoms with E-state index in [1.165, 1.54) is 19.2 Å². The predicted molar refractivity (Wildman–Crippen MR) is 90.7 cm³/mol. The molecule has 2 aromatic carbocycles. The second kappa shape index (κ2) is 6.52. The first kappa shape index (κ1) is 16.3. The highest BCUT2D eigenvalue weighted by Gasteiger charge is 2.24. The van der Waals surface area contributed by atoms with Crippen molar-refractivity contribution < 1.29 is 17.9 Å². The molecule has 1 aliphatic carbocycles. The highest BCUT2D eigenvalue weighted by atomic mass is 32.2. The standard InChI is InChI=1S/C17H18N2O4S/c1-23-16-8-3-2-7-15(16)19-24(21,22)14-6-4-5-12(11-14)17(20)18-13-9-10-13/h2-8,11,13,19H,9-10H2,1H3,(H,18,20). The third-order valence-corrected chi connectivity index (χ3v) is 5.03. The van der Waals surface area contributed by atoms with Crippen LogP contribution in [0.25, 0.3) is 0 Å². The van der Waals surface area contributed by atoms with Gasteiger partial charge in [0, 0.05) is 11.6 Å². The van der Waals surface area contributed by atoms with E-state index in [4.69, 9.17) is 4.74 Å². The number of benzene rings is 2. The predicted octanol–water partition coefficient (Wildman–Crippen LogP) is 2.39. The van der Waals surface area contributed by atoms with Gasteiger partial charge in [0.1, 0.15) is 5.75 Å². The second-order valence-corrected chi connectivity index (χ2v) is 7.26. The first-order valence-electron chi connectivity index (χ1n) is 7.56. The van der Waals surface area contributed by atoms with Crippen LogP contribution in [0.15, 0.2) is 53.4 Å². The zero-order valence-electron chi connectivity index (χ0n) is 13.2. The largest absolute Gasteiger partial charge is 0.495 e. The molecule has 0 aromatic heterocycles. The van der Waals surface area contributed by atoms with Crippen LogP contribution < -0.4 is 14.8 Å². The van der Waals surface area contributed by atoms with Crippen LogP contribution in [0.2, 0.25) is 0 Å². The minimum absolute atomic E-state index is 0.0249. The molecule has 7 heteroatoms. The molecule has 6 nitrogen and oxygen atoms in total. The number of ether oxygens (including phenoxy) is 1. The average Bonchev–Trinajstić information content (AvgIpc) is 3.39. The molecule has 0 atom stereocenters. The van der Waals surface area contributed by atoms with Gasteiger partial charge >= 0.3 is 0 Å². The maximum Gasteiger partial charge on any atom is 0.262 e. The Kier molecular flexibility index (Phi) is 4.44. The number of methoxy groups -OCH3 is 1. The highest BCUT2D eigenvalue weighted by molar-refractivity contribution is 7.92. The molecule has 1 amide bonds. The molecule has 1 saturated carbocycles. The van der Waals surface area contributed by atoms with Gasteiger partial charge in [-0.25, -0.2) is 8.42 Å². The van der Waals surface area contributed by atoms with E-state index in [9.17, 15) is 13.2 Å². The lowest BCUT2D eigenvalue weighted by Crippen LogP contribution is -2.25. The number of rotatable bonds is 6. The molecule has 3 rings (SSSR count). The Morgan fingerprint density at radius 2 is 1.88 bits per heavy atom. The fourth-order valence-electron chi connectivity index (χ4n) is 2.23. The smallest absolute Gasteiger partial charge is 0.262 e. The molecular formula is C17H18N2O4S. The van der Waals surface area contributed by atoms with Crippen LogP contribution in [0, 0.1) is 0 Å². The summed E-state index contributed by atoms with van der Waals surface area (Å²) in [6, 6.07) is 12.9. The van der Waals surface area contributed by atoms with Crippen LogP contribution in [0.5, 0.6) is 5.75 Å². The number of hydrogen-bond donors (Lipinski definition) is 2. The van der Waals surface area contributed by atoms with Crippen molar-refractivity contribution in [3.63, 3.8) is 0 Å². The molecule has 0 unspecified atom stereocenters. The van der Waals surface area contributed by atoms with Crippen molar-refractivity contribution in [2.75, 3.05) is 11.8 Å². The lowest BCUT2D eigenvalue weighted by Gasteiger charge is -2.12. The summed E-state index contributed by atoms with van der Waals surface area (Å²) >= 11 is 0. The van der Waals surface area contributed by atoms with Gasteiger partial charge in [-0.1, -0.05) is 18.2 Å². The summed E-state index contributed by atoms with van der Waals surface area (Å²) < 4.78 is 32.8. The topological polar surface area (TPSA) is 84.5 Å². The molecule has 126 valence electrons. The zero-order valence-corrected chi connectivity index (χ0v) is 14.0. The van der Waals surface area contributed by atoms with E-state index < -0.39 is 10.0 Å². The minimum atomic E-state index is -3.82. The van der Waals surface area contributed by atoms with E-state index in [-0.39, 0.29) is 16.8 Å². The van der Waals surface area contributed by atoms with Crippen molar-refractivity contribution >= 4 is 21.6 Å². The van der Waals surface area contributed by atoms with Gasteiger partial charge in [0.25, 0.3) is 15.9 Å². The molecule has 1 fully saturated rings. The van der Waals surface area contributed by atoms with Crippen LogP contribution in [0.4, 0.5) is 5.69 Å². The van der Waals surface area contributed by atoms with Gasteiger partial charge in [-0.3, -0.25) is 9.52 Å². The van der Waals surface area contributed by atoms with Crippen molar-refractivity contribution in [3.05, 3.63) is 54.1 Å². The molecule has 0 radical (unpaired) electrons. The summed E-state index contributed by atoms with van der Waals surface area (Å²) in [5.41, 5.74) is 0.664. The Labute approximate surface area is 140 Å². The van der Waals surface area contributed by atoms with E-state index in [1.807, 2.05) is 0 Å². The summed E-state index contributed by atoms with van der Waals surface area (Å²) in [5, 5.41) is 2.84. The molecule has 2 aromatic rings. The fraction of sp³-hybridized carbons (Fsp3) is 0.235. The monoisotopic (exact) mass is 346 g/mol. The number of carbonyl (C=O) groups excluding carboxylic acids is 1. The molecule has 0 saturated heterocycles. The number of amides is 1. The van der Waals surface area contributed by atoms with Crippen molar-refractivity contribution in [2.24, 2.45) is 0 Å². The van der Waals surface area contributed by atoms with Crippen LogP contribution in [-0.2, 0) is 10.0 Å². The minimum Gasteiger partial charge on any atom is -0.495 e. The molecular weight excluding hydrogens is 328 g/mol. The Hall–Kier alpha value is -2.54. The van der Waals surface area contributed by atoms with E-state index in [1.54, 1.807) is 36.4 Å². The highest BCUT2D eigenvalue weighted by Crippen LogP contribution is 2.26. The molecule has 0 bridgehead atoms. The molecule has 0 spiro atoms. The normalized spacial score (nSPS) is 14.0. The Bertz CT molecular complexity index is 860. The van der Waals surface area contributed by atoms with Gasteiger partial charge in [-0.15, -0.1) is 0 Å². The zero-order chi connectivity index (χ0) is 17.2. The Balaban J connectivity index is 1.85. The Morgan fingerprint density at radius 1 is 1.12 bits per heavy atom. The van der Waals surface area contributed by atoms with Gasteiger partial charge < -0.3 is 10.1 Å². The summed E-state index contributed by atoms with van der Waals surface area (Å²) in [6.45, 7) is 0. The molecule has 0 aliphatic heterocycles. The number of hydrogen-bond acceptors (Lipinski definition) is 4. The lowest BCUT2D eigenvalue weighted by molar-refractivity contribution is 0.0951. The SMILES string of the molecule is COc1ccccc1NS(=O)(=O)c1cccc(C(=O)NC2CC2)c1. The van der Waals surface area contributed by atoms with Gasteiger partial charge in [0.05, 0.1) is 17.7 Å². The summed E-state index contributed by atoms with van der Waals surface area (Å²) in [7, 11) is -2.36. The molecule has 1 aliphatic rings. The van der Waals surface area contributed by atoms with Crippen LogP contribution in [0.1, 0.15) is 23.2 Å². The van der Waals surface area contributed by atoms with Gasteiger partial charge in [-0.2, -0.15) is 0 Å². The fourth-order valence-corrected chi connectivity index (χ4v) is 3.35. The number of carbonyl (C=O) groups is 1. The maximum absolute atomic E-state index is 12.6. The van der Waals surface area contributed by atoms with Gasteiger partial charge in [0.2, 0.25) is 0 Å². The van der Waals surface area contributed by atoms with Gasteiger partial charge in [0.15, 0.2) is 0 Å². The summed E-state index contributed by atoms with van der Waals surface area (Å²) in [5.74, 6) is 0.163. The number of para-hydroxylation sites is 2.